The molecule has 1 unspecified atom stereocenters. The predicted octanol–water partition coefficient (Wildman–Crippen LogP) is 5.58. The van der Waals surface area contributed by atoms with E-state index in [0.717, 1.165) is 28.4 Å². The fourth-order valence-electron chi connectivity index (χ4n) is 2.30. The monoisotopic (exact) mass is 331 g/mol. The minimum atomic E-state index is 0.352. The molecule has 0 aliphatic rings. The van der Waals surface area contributed by atoms with E-state index in [1.165, 1.54) is 18.4 Å². The molecule has 1 aromatic carbocycles. The Morgan fingerprint density at radius 1 is 1.22 bits per heavy atom. The number of benzene rings is 1. The first kappa shape index (κ1) is 16.0. The molecule has 0 aliphatic heterocycles. The van der Waals surface area contributed by atoms with Crippen molar-refractivity contribution in [3.05, 3.63) is 33.3 Å². The Bertz CT molecular complexity index is 364. The number of nitrogens with one attached hydrogen (secondary N) is 1. The van der Waals surface area contributed by atoms with Crippen LogP contribution in [-0.4, -0.2) is 6.54 Å². The van der Waals surface area contributed by atoms with E-state index in [0.29, 0.717) is 6.04 Å². The minimum Gasteiger partial charge on any atom is -0.310 e. The van der Waals surface area contributed by atoms with Crippen molar-refractivity contribution in [3.8, 4) is 0 Å². The Hall–Kier alpha value is -0.0500. The zero-order valence-electron chi connectivity index (χ0n) is 11.5. The van der Waals surface area contributed by atoms with E-state index in [2.05, 4.69) is 48.1 Å². The second kappa shape index (κ2) is 8.19. The molecule has 1 N–H and O–H groups in total. The molecule has 0 aromatic heterocycles. The summed E-state index contributed by atoms with van der Waals surface area (Å²) in [6, 6.07) is 6.45. The highest BCUT2D eigenvalue weighted by Crippen LogP contribution is 2.31. The van der Waals surface area contributed by atoms with E-state index in [1.54, 1.807) is 0 Å². The third-order valence-electron chi connectivity index (χ3n) is 3.51. The van der Waals surface area contributed by atoms with Gasteiger partial charge in [-0.05, 0) is 42.6 Å². The van der Waals surface area contributed by atoms with Gasteiger partial charge in [0.25, 0.3) is 0 Å². The topological polar surface area (TPSA) is 12.0 Å². The van der Waals surface area contributed by atoms with Crippen LogP contribution in [0, 0.1) is 5.92 Å². The Balaban J connectivity index is 2.92. The first-order chi connectivity index (χ1) is 8.62. The largest absolute Gasteiger partial charge is 0.310 e. The minimum absolute atomic E-state index is 0.352. The summed E-state index contributed by atoms with van der Waals surface area (Å²) in [6.07, 6.45) is 3.60. The second-order valence-electron chi connectivity index (χ2n) is 4.69. The van der Waals surface area contributed by atoms with Crippen LogP contribution in [0.1, 0.15) is 51.6 Å². The number of hydrogen-bond acceptors (Lipinski definition) is 1. The van der Waals surface area contributed by atoms with Gasteiger partial charge in [-0.15, -0.1) is 0 Å². The standard InChI is InChI=1S/C15H23BrClN/c1-4-11(5-2)9-15(18-6-3)13-10-12(16)7-8-14(13)17/h7-8,10-11,15,18H,4-6,9H2,1-3H3. The van der Waals surface area contributed by atoms with Crippen molar-refractivity contribution in [3.63, 3.8) is 0 Å². The molecular formula is C15H23BrClN. The molecule has 1 aromatic rings. The molecule has 1 nitrogen and oxygen atoms in total. The van der Waals surface area contributed by atoms with Gasteiger partial charge in [-0.3, -0.25) is 0 Å². The fraction of sp³-hybridized carbons (Fsp3) is 0.600. The van der Waals surface area contributed by atoms with E-state index in [1.807, 2.05) is 12.1 Å². The summed E-state index contributed by atoms with van der Waals surface area (Å²) < 4.78 is 1.09. The van der Waals surface area contributed by atoms with Crippen molar-refractivity contribution in [2.24, 2.45) is 5.92 Å². The van der Waals surface area contributed by atoms with Crippen LogP contribution in [0.15, 0.2) is 22.7 Å². The molecule has 102 valence electrons. The van der Waals surface area contributed by atoms with Crippen LogP contribution >= 0.6 is 27.5 Å². The van der Waals surface area contributed by atoms with Crippen molar-refractivity contribution in [1.82, 2.24) is 5.32 Å². The first-order valence-corrected chi connectivity index (χ1v) is 7.97. The van der Waals surface area contributed by atoms with Gasteiger partial charge in [0.1, 0.15) is 0 Å². The molecular weight excluding hydrogens is 310 g/mol. The van der Waals surface area contributed by atoms with Crippen molar-refractivity contribution in [2.75, 3.05) is 6.54 Å². The lowest BCUT2D eigenvalue weighted by Gasteiger charge is -2.24. The number of hydrogen-bond donors (Lipinski definition) is 1. The molecule has 0 amide bonds. The molecule has 0 aliphatic carbocycles. The lowest BCUT2D eigenvalue weighted by molar-refractivity contribution is 0.375. The van der Waals surface area contributed by atoms with Gasteiger partial charge in [-0.2, -0.15) is 0 Å². The highest BCUT2D eigenvalue weighted by atomic mass is 79.9. The lowest BCUT2D eigenvalue weighted by Crippen LogP contribution is -2.23. The maximum absolute atomic E-state index is 6.34. The lowest BCUT2D eigenvalue weighted by atomic mass is 9.91. The van der Waals surface area contributed by atoms with Gasteiger partial charge in [0.15, 0.2) is 0 Å². The molecule has 18 heavy (non-hydrogen) atoms. The van der Waals surface area contributed by atoms with Crippen molar-refractivity contribution >= 4 is 27.5 Å². The highest BCUT2D eigenvalue weighted by molar-refractivity contribution is 9.10. The van der Waals surface area contributed by atoms with Gasteiger partial charge < -0.3 is 5.32 Å². The summed E-state index contributed by atoms with van der Waals surface area (Å²) in [6.45, 7) is 7.64. The second-order valence-corrected chi connectivity index (χ2v) is 6.02. The van der Waals surface area contributed by atoms with Crippen LogP contribution in [0.2, 0.25) is 5.02 Å². The van der Waals surface area contributed by atoms with Crippen molar-refractivity contribution < 1.29 is 0 Å². The molecule has 0 bridgehead atoms. The summed E-state index contributed by atoms with van der Waals surface area (Å²) in [5.74, 6) is 0.754. The fourth-order valence-corrected chi connectivity index (χ4v) is 2.93. The molecule has 0 radical (unpaired) electrons. The van der Waals surface area contributed by atoms with E-state index in [-0.39, 0.29) is 0 Å². The highest BCUT2D eigenvalue weighted by Gasteiger charge is 2.18. The number of rotatable bonds is 7. The first-order valence-electron chi connectivity index (χ1n) is 6.80. The Labute approximate surface area is 124 Å². The van der Waals surface area contributed by atoms with Gasteiger partial charge in [-0.25, -0.2) is 0 Å². The summed E-state index contributed by atoms with van der Waals surface area (Å²) in [5.41, 5.74) is 1.21. The molecule has 0 heterocycles. The van der Waals surface area contributed by atoms with Crippen LogP contribution in [0.4, 0.5) is 0 Å². The Morgan fingerprint density at radius 2 is 1.89 bits per heavy atom. The average Bonchev–Trinajstić information content (AvgIpc) is 2.37. The number of halogens is 2. The zero-order chi connectivity index (χ0) is 13.5. The van der Waals surface area contributed by atoms with E-state index < -0.39 is 0 Å². The third kappa shape index (κ3) is 4.56. The summed E-state index contributed by atoms with van der Waals surface area (Å²) in [5, 5.41) is 4.42. The van der Waals surface area contributed by atoms with Gasteiger partial charge in [-0.1, -0.05) is 61.1 Å². The molecule has 1 atom stereocenters. The summed E-state index contributed by atoms with van der Waals surface area (Å²) in [4.78, 5) is 0. The van der Waals surface area contributed by atoms with Crippen molar-refractivity contribution in [1.29, 1.82) is 0 Å². The van der Waals surface area contributed by atoms with Gasteiger partial charge in [0.05, 0.1) is 0 Å². The van der Waals surface area contributed by atoms with Crippen molar-refractivity contribution in [2.45, 2.75) is 46.1 Å². The predicted molar refractivity (Wildman–Crippen MR) is 84.3 cm³/mol. The van der Waals surface area contributed by atoms with Crippen LogP contribution < -0.4 is 5.32 Å². The van der Waals surface area contributed by atoms with Gasteiger partial charge >= 0.3 is 0 Å². The smallest absolute Gasteiger partial charge is 0.0454 e. The normalized spacial score (nSPS) is 13.0. The summed E-state index contributed by atoms with van der Waals surface area (Å²) in [7, 11) is 0. The van der Waals surface area contributed by atoms with Crippen LogP contribution in [0.25, 0.3) is 0 Å². The Morgan fingerprint density at radius 3 is 2.44 bits per heavy atom. The van der Waals surface area contributed by atoms with Gasteiger partial charge in [0, 0.05) is 15.5 Å². The average molecular weight is 333 g/mol. The van der Waals surface area contributed by atoms with Crippen LogP contribution in [0.3, 0.4) is 0 Å². The molecule has 0 saturated heterocycles. The zero-order valence-corrected chi connectivity index (χ0v) is 13.8. The maximum Gasteiger partial charge on any atom is 0.0454 e. The SMILES string of the molecule is CCNC(CC(CC)CC)c1cc(Br)ccc1Cl. The third-order valence-corrected chi connectivity index (χ3v) is 4.35. The van der Waals surface area contributed by atoms with E-state index >= 15 is 0 Å². The molecule has 3 heteroatoms. The quantitative estimate of drug-likeness (QED) is 0.687. The Kier molecular flexibility index (Phi) is 7.28. The summed E-state index contributed by atoms with van der Waals surface area (Å²) >= 11 is 9.87. The molecule has 0 fully saturated rings. The molecule has 1 rings (SSSR count). The molecule has 0 saturated carbocycles. The maximum atomic E-state index is 6.34. The van der Waals surface area contributed by atoms with Gasteiger partial charge in [0.2, 0.25) is 0 Å². The molecule has 0 spiro atoms. The van der Waals surface area contributed by atoms with Crippen LogP contribution in [0.5, 0.6) is 0 Å². The van der Waals surface area contributed by atoms with E-state index in [4.69, 9.17) is 11.6 Å². The van der Waals surface area contributed by atoms with Crippen LogP contribution in [-0.2, 0) is 0 Å². The van der Waals surface area contributed by atoms with E-state index in [9.17, 15) is 0 Å².